The first kappa shape index (κ1) is 40.5. The standard InChI is InChI=1S/C45H46FN9O7S/c1-25-20-34(21-26(2)39(25)46)55-40(53-17-16-52(44(53)58)33-9-7-32(8-10-33)50-63(5,59)60)38-28(4)51(15-12-35(38)48-55)41(56)37-23-31-22-30(29-13-18-61-19-14-29)6-11-36(31)54(37)45(24-27(45)3)42-47-43(57)62-49-42/h6-11,16-17,20-23,27-29,50H,12-15,18-19,24H2,1-5H3,(H,47,49,57). The van der Waals surface area contributed by atoms with Crippen LogP contribution < -0.4 is 16.2 Å². The maximum Gasteiger partial charge on any atom is 0.438 e. The van der Waals surface area contributed by atoms with E-state index in [2.05, 4.69) is 40.0 Å². The van der Waals surface area contributed by atoms with E-state index < -0.39 is 33.0 Å². The van der Waals surface area contributed by atoms with Gasteiger partial charge in [0, 0.05) is 60.7 Å². The number of amides is 1. The van der Waals surface area contributed by atoms with Gasteiger partial charge in [-0.3, -0.25) is 28.2 Å². The molecule has 2 N–H and O–H groups in total. The fraction of sp³-hybridized carbons (Fsp3) is 0.356. The molecule has 16 nitrogen and oxygen atoms in total. The summed E-state index contributed by atoms with van der Waals surface area (Å²) in [6, 6.07) is 17.4. The van der Waals surface area contributed by atoms with Gasteiger partial charge in [-0.1, -0.05) is 18.1 Å². The summed E-state index contributed by atoms with van der Waals surface area (Å²) in [7, 11) is -3.51. The summed E-state index contributed by atoms with van der Waals surface area (Å²) in [6.45, 7) is 9.03. The van der Waals surface area contributed by atoms with Crippen LogP contribution in [0, 0.1) is 25.6 Å². The molecule has 0 bridgehead atoms. The Labute approximate surface area is 360 Å². The fourth-order valence-corrected chi connectivity index (χ4v) is 10.4. The molecule has 3 unspecified atom stereocenters. The summed E-state index contributed by atoms with van der Waals surface area (Å²) in [5, 5.41) is 10.1. The minimum atomic E-state index is -3.51. The number of nitrogens with zero attached hydrogens (tertiary/aromatic N) is 7. The average molecular weight is 876 g/mol. The van der Waals surface area contributed by atoms with E-state index in [0.29, 0.717) is 95.3 Å². The first-order chi connectivity index (χ1) is 30.1. The third-order valence-electron chi connectivity index (χ3n) is 13.1. The summed E-state index contributed by atoms with van der Waals surface area (Å²) < 4.78 is 58.4. The van der Waals surface area contributed by atoms with Crippen molar-refractivity contribution in [3.63, 3.8) is 0 Å². The Morgan fingerprint density at radius 3 is 2.30 bits per heavy atom. The molecule has 1 saturated carbocycles. The molecule has 6 heterocycles. The molecule has 1 aliphatic carbocycles. The van der Waals surface area contributed by atoms with Crippen molar-refractivity contribution in [2.45, 2.75) is 70.9 Å². The Kier molecular flexibility index (Phi) is 9.52. The summed E-state index contributed by atoms with van der Waals surface area (Å²) >= 11 is 0. The number of rotatable bonds is 9. The van der Waals surface area contributed by atoms with Crippen LogP contribution in [0.4, 0.5) is 10.1 Å². The van der Waals surface area contributed by atoms with Gasteiger partial charge >= 0.3 is 11.4 Å². The van der Waals surface area contributed by atoms with Crippen molar-refractivity contribution in [2.24, 2.45) is 5.92 Å². The number of ether oxygens (including phenoxy) is 1. The lowest BCUT2D eigenvalue weighted by Gasteiger charge is -2.34. The van der Waals surface area contributed by atoms with Crippen molar-refractivity contribution in [1.29, 1.82) is 0 Å². The Bertz CT molecular complexity index is 3180. The summed E-state index contributed by atoms with van der Waals surface area (Å²) in [5.74, 6) is -0.177. The van der Waals surface area contributed by atoms with Gasteiger partial charge in [0.25, 0.3) is 5.91 Å². The van der Waals surface area contributed by atoms with Crippen LogP contribution in [0.2, 0.25) is 0 Å². The predicted octanol–water partition coefficient (Wildman–Crippen LogP) is 6.01. The van der Waals surface area contributed by atoms with Gasteiger partial charge in [0.05, 0.1) is 29.4 Å². The van der Waals surface area contributed by atoms with Crippen LogP contribution in [-0.4, -0.2) is 78.9 Å². The molecular weight excluding hydrogens is 830 g/mol. The fourth-order valence-electron chi connectivity index (χ4n) is 9.85. The number of aromatic amines is 1. The number of carbonyl (C=O) groups is 1. The third kappa shape index (κ3) is 6.73. The number of carbonyl (C=O) groups excluding carboxylic acids is 1. The number of anilines is 1. The Balaban J connectivity index is 1.10. The van der Waals surface area contributed by atoms with Crippen LogP contribution in [0.25, 0.3) is 28.1 Å². The molecule has 63 heavy (non-hydrogen) atoms. The van der Waals surface area contributed by atoms with E-state index in [0.717, 1.165) is 30.0 Å². The van der Waals surface area contributed by atoms with Gasteiger partial charge in [0.1, 0.15) is 22.9 Å². The van der Waals surface area contributed by atoms with Crippen molar-refractivity contribution in [1.82, 2.24) is 38.5 Å². The third-order valence-corrected chi connectivity index (χ3v) is 13.7. The molecule has 0 spiro atoms. The highest BCUT2D eigenvalue weighted by Crippen LogP contribution is 2.56. The molecule has 7 aromatic rings. The number of halogens is 1. The van der Waals surface area contributed by atoms with Gasteiger partial charge in [-0.2, -0.15) is 5.10 Å². The monoisotopic (exact) mass is 875 g/mol. The van der Waals surface area contributed by atoms with Crippen LogP contribution in [-0.2, 0) is 26.7 Å². The van der Waals surface area contributed by atoms with Crippen LogP contribution in [0.3, 0.4) is 0 Å². The molecule has 326 valence electrons. The summed E-state index contributed by atoms with van der Waals surface area (Å²) in [6.07, 6.45) is 7.08. The zero-order valence-corrected chi connectivity index (χ0v) is 36.2. The highest BCUT2D eigenvalue weighted by atomic mass is 32.2. The van der Waals surface area contributed by atoms with E-state index in [1.165, 1.54) is 14.7 Å². The Hall–Kier alpha value is -6.53. The van der Waals surface area contributed by atoms with Gasteiger partial charge in [-0.15, -0.1) is 0 Å². The van der Waals surface area contributed by atoms with Gasteiger partial charge in [-0.05, 0) is 123 Å². The number of aryl methyl sites for hydroxylation is 2. The molecule has 4 aromatic heterocycles. The number of benzene rings is 3. The molecule has 2 aliphatic heterocycles. The number of nitrogens with one attached hydrogen (secondary N) is 2. The lowest BCUT2D eigenvalue weighted by atomic mass is 9.91. The van der Waals surface area contributed by atoms with E-state index in [4.69, 9.17) is 14.4 Å². The minimum Gasteiger partial charge on any atom is -0.381 e. The molecule has 0 radical (unpaired) electrons. The first-order valence-electron chi connectivity index (χ1n) is 21.0. The number of fused-ring (bicyclic) bond motifs is 2. The minimum absolute atomic E-state index is 0.0106. The molecule has 3 atom stereocenters. The van der Waals surface area contributed by atoms with E-state index in [1.807, 2.05) is 17.6 Å². The second kappa shape index (κ2) is 14.8. The van der Waals surface area contributed by atoms with Gasteiger partial charge in [0.2, 0.25) is 10.0 Å². The number of aromatic nitrogens is 7. The maximum atomic E-state index is 15.4. The highest BCUT2D eigenvalue weighted by Gasteiger charge is 2.59. The van der Waals surface area contributed by atoms with Gasteiger partial charge in [-0.25, -0.2) is 27.1 Å². The summed E-state index contributed by atoms with van der Waals surface area (Å²) in [4.78, 5) is 46.9. The van der Waals surface area contributed by atoms with Crippen LogP contribution >= 0.6 is 0 Å². The number of imidazole rings is 1. The number of sulfonamides is 1. The Morgan fingerprint density at radius 2 is 1.65 bits per heavy atom. The topological polar surface area (TPSA) is 184 Å². The zero-order chi connectivity index (χ0) is 44.1. The molecule has 1 amide bonds. The predicted molar refractivity (Wildman–Crippen MR) is 232 cm³/mol. The van der Waals surface area contributed by atoms with Gasteiger partial charge < -0.3 is 14.2 Å². The average Bonchev–Trinajstić information content (AvgIpc) is 3.75. The number of hydrogen-bond donors (Lipinski definition) is 2. The number of hydrogen-bond acceptors (Lipinski definition) is 9. The molecule has 3 aromatic carbocycles. The maximum absolute atomic E-state index is 15.4. The van der Waals surface area contributed by atoms with Crippen LogP contribution in [0.5, 0.6) is 0 Å². The Morgan fingerprint density at radius 1 is 0.952 bits per heavy atom. The number of H-pyrrole nitrogens is 1. The quantitative estimate of drug-likeness (QED) is 0.175. The molecule has 1 saturated heterocycles. The van der Waals surface area contributed by atoms with Crippen LogP contribution in [0.1, 0.15) is 89.3 Å². The molecule has 3 aliphatic rings. The van der Waals surface area contributed by atoms with Gasteiger partial charge in [0.15, 0.2) is 5.82 Å². The van der Waals surface area contributed by atoms with Crippen LogP contribution in [0.15, 0.2) is 87.2 Å². The molecular formula is C45H46FN9O7S. The molecule has 18 heteroatoms. The second-order valence-corrected chi connectivity index (χ2v) is 18.9. The first-order valence-corrected chi connectivity index (χ1v) is 22.9. The van der Waals surface area contributed by atoms with Crippen molar-refractivity contribution in [3.05, 3.63) is 139 Å². The highest BCUT2D eigenvalue weighted by molar-refractivity contribution is 7.92. The molecule has 10 rings (SSSR count). The smallest absolute Gasteiger partial charge is 0.381 e. The van der Waals surface area contributed by atoms with E-state index in [-0.39, 0.29) is 17.6 Å². The van der Waals surface area contributed by atoms with E-state index >= 15 is 9.18 Å². The van der Waals surface area contributed by atoms with Crippen molar-refractivity contribution < 1.29 is 26.9 Å². The lowest BCUT2D eigenvalue weighted by molar-refractivity contribution is 0.0663. The van der Waals surface area contributed by atoms with Crippen molar-refractivity contribution >= 4 is 32.5 Å². The normalized spacial score (nSPS) is 20.3. The second-order valence-electron chi connectivity index (χ2n) is 17.2. The summed E-state index contributed by atoms with van der Waals surface area (Å²) in [5.41, 5.74) is 4.68. The van der Waals surface area contributed by atoms with E-state index in [9.17, 15) is 18.0 Å². The SMILES string of the molecule is Cc1cc(-n2nc3c(c2-n2ccn(-c4ccc(NS(C)(=O)=O)cc4)c2=O)C(C)N(C(=O)c2cc4cc(C5CCOCC5)ccc4n2C2(c4noc(=O)[nH]4)CC2C)CC3)cc(C)c1F. The van der Waals surface area contributed by atoms with E-state index in [1.54, 1.807) is 72.2 Å². The van der Waals surface area contributed by atoms with Crippen molar-refractivity contribution in [3.8, 4) is 17.2 Å². The largest absolute Gasteiger partial charge is 0.438 e. The van der Waals surface area contributed by atoms with Crippen molar-refractivity contribution in [2.75, 3.05) is 30.7 Å². The lowest BCUT2D eigenvalue weighted by Crippen LogP contribution is -2.41. The molecule has 2 fully saturated rings. The zero-order valence-electron chi connectivity index (χ0n) is 35.4.